The number of allylic oxidation sites excluding steroid dienone is 2. The van der Waals surface area contributed by atoms with Crippen molar-refractivity contribution in [2.45, 2.75) is 116 Å². The Bertz CT molecular complexity index is 1820. The average Bonchev–Trinajstić information content (AvgIpc) is 3.83. The Labute approximate surface area is 290 Å². The normalized spacial score (nSPS) is 17.1. The second kappa shape index (κ2) is 13.1. The fraction of sp³-hybridized carbons (Fsp3) is 0.391. The second-order valence-electron chi connectivity index (χ2n) is 16.7. The molecule has 6 rings (SSSR count). The summed E-state index contributed by atoms with van der Waals surface area (Å²) in [5.74, 6) is 0. The summed E-state index contributed by atoms with van der Waals surface area (Å²) in [4.78, 5) is 0. The van der Waals surface area contributed by atoms with Gasteiger partial charge in [-0.05, 0) is 137 Å². The Kier molecular flexibility index (Phi) is 9.24. The van der Waals surface area contributed by atoms with Gasteiger partial charge in [-0.2, -0.15) is 0 Å². The molecule has 1 fully saturated rings. The molecule has 1 atom stereocenters. The highest BCUT2D eigenvalue weighted by Crippen LogP contribution is 2.56. The molecule has 0 aliphatic heterocycles. The van der Waals surface area contributed by atoms with Crippen LogP contribution in [0.25, 0.3) is 16.8 Å². The van der Waals surface area contributed by atoms with Crippen molar-refractivity contribution in [1.82, 2.24) is 0 Å². The zero-order valence-corrected chi connectivity index (χ0v) is 30.6. The van der Waals surface area contributed by atoms with Crippen LogP contribution in [0.4, 0.5) is 5.69 Å². The van der Waals surface area contributed by atoms with E-state index in [1.165, 1.54) is 82.2 Å². The van der Waals surface area contributed by atoms with Gasteiger partial charge in [0, 0.05) is 11.4 Å². The van der Waals surface area contributed by atoms with Crippen LogP contribution in [0.3, 0.4) is 0 Å². The molecular weight excluding hydrogens is 581 g/mol. The SMILES string of the molecule is C/C(=C\C=C(/N)c1ccc2c(c1)C1(CCCCc3cc(C)ccc3-2)CC1)C(Nc1ccc(C(C)(C)C)cc1)c1ccc(C(C)(C)C)cc1. The van der Waals surface area contributed by atoms with E-state index < -0.39 is 0 Å². The lowest BCUT2D eigenvalue weighted by Gasteiger charge is -2.25. The largest absolute Gasteiger partial charge is 0.398 e. The maximum absolute atomic E-state index is 6.91. The van der Waals surface area contributed by atoms with Crippen molar-refractivity contribution in [2.24, 2.45) is 5.73 Å². The average molecular weight is 637 g/mol. The standard InChI is InChI=1S/C46H56N2/c1-31-12-23-39-34(29-31)11-9-10-26-46(27-28-46)41-30-35(16-24-40(39)41)42(47)25-13-32(2)43(33-14-17-36(18-15-33)44(3,4)5)48-38-21-19-37(20-22-38)45(6,7)8/h12-25,29-30,43,48H,9-11,26-28,47H2,1-8H3/b32-13+,42-25-. The smallest absolute Gasteiger partial charge is 0.0727 e. The maximum atomic E-state index is 6.91. The van der Waals surface area contributed by atoms with Gasteiger partial charge >= 0.3 is 0 Å². The van der Waals surface area contributed by atoms with Crippen LogP contribution in [-0.4, -0.2) is 0 Å². The number of hydrogen-bond donors (Lipinski definition) is 2. The van der Waals surface area contributed by atoms with E-state index in [1.54, 1.807) is 0 Å². The summed E-state index contributed by atoms with van der Waals surface area (Å²) in [6, 6.07) is 32.1. The number of rotatable bonds is 6. The first kappa shape index (κ1) is 33.8. The van der Waals surface area contributed by atoms with Crippen LogP contribution in [0, 0.1) is 6.92 Å². The van der Waals surface area contributed by atoms with E-state index in [-0.39, 0.29) is 16.9 Å². The van der Waals surface area contributed by atoms with Crippen LogP contribution in [0.1, 0.15) is 126 Å². The molecule has 0 radical (unpaired) electrons. The topological polar surface area (TPSA) is 38.0 Å². The van der Waals surface area contributed by atoms with Crippen molar-refractivity contribution in [3.05, 3.63) is 142 Å². The van der Waals surface area contributed by atoms with Crippen LogP contribution in [0.15, 0.2) is 103 Å². The summed E-state index contributed by atoms with van der Waals surface area (Å²) in [7, 11) is 0. The summed E-state index contributed by atoms with van der Waals surface area (Å²) in [6.07, 6.45) is 11.9. The van der Waals surface area contributed by atoms with Crippen LogP contribution in [-0.2, 0) is 22.7 Å². The summed E-state index contributed by atoms with van der Waals surface area (Å²) < 4.78 is 0. The lowest BCUT2D eigenvalue weighted by molar-refractivity contribution is 0.565. The number of nitrogens with two attached hydrogens (primary N) is 1. The van der Waals surface area contributed by atoms with E-state index in [0.29, 0.717) is 5.41 Å². The fourth-order valence-electron chi connectivity index (χ4n) is 7.46. The van der Waals surface area contributed by atoms with E-state index >= 15 is 0 Å². The molecule has 4 aromatic rings. The first-order valence-corrected chi connectivity index (χ1v) is 18.1. The Balaban J connectivity index is 1.34. The minimum Gasteiger partial charge on any atom is -0.398 e. The molecule has 2 heteroatoms. The zero-order valence-electron chi connectivity index (χ0n) is 30.6. The van der Waals surface area contributed by atoms with E-state index in [2.05, 4.69) is 158 Å². The van der Waals surface area contributed by atoms with Crippen molar-refractivity contribution in [3.8, 4) is 11.1 Å². The lowest BCUT2D eigenvalue weighted by atomic mass is 9.83. The zero-order chi connectivity index (χ0) is 34.3. The van der Waals surface area contributed by atoms with Gasteiger partial charge in [0.15, 0.2) is 0 Å². The molecule has 4 aromatic carbocycles. The van der Waals surface area contributed by atoms with E-state index in [9.17, 15) is 0 Å². The van der Waals surface area contributed by atoms with E-state index in [1.807, 2.05) is 0 Å². The quantitative estimate of drug-likeness (QED) is 0.207. The van der Waals surface area contributed by atoms with Gasteiger partial charge in [0.05, 0.1) is 6.04 Å². The molecule has 2 aliphatic rings. The van der Waals surface area contributed by atoms with Crippen molar-refractivity contribution >= 4 is 11.4 Å². The van der Waals surface area contributed by atoms with Crippen molar-refractivity contribution < 1.29 is 0 Å². The van der Waals surface area contributed by atoms with Crippen molar-refractivity contribution in [2.75, 3.05) is 5.32 Å². The molecule has 2 nitrogen and oxygen atoms in total. The molecule has 48 heavy (non-hydrogen) atoms. The highest BCUT2D eigenvalue weighted by Gasteiger charge is 2.45. The van der Waals surface area contributed by atoms with Gasteiger partial charge in [-0.3, -0.25) is 0 Å². The molecule has 0 saturated heterocycles. The molecule has 0 heterocycles. The molecule has 1 unspecified atom stereocenters. The molecule has 1 saturated carbocycles. The van der Waals surface area contributed by atoms with Crippen LogP contribution < -0.4 is 11.1 Å². The third kappa shape index (κ3) is 7.34. The minimum atomic E-state index is 0.0118. The molecule has 250 valence electrons. The Hall–Kier alpha value is -4.04. The van der Waals surface area contributed by atoms with Gasteiger partial charge in [-0.1, -0.05) is 126 Å². The molecular formula is C46H56N2. The molecule has 1 spiro atoms. The number of hydrogen-bond acceptors (Lipinski definition) is 2. The van der Waals surface area contributed by atoms with Crippen LogP contribution >= 0.6 is 0 Å². The van der Waals surface area contributed by atoms with Gasteiger partial charge < -0.3 is 11.1 Å². The number of anilines is 1. The fourth-order valence-corrected chi connectivity index (χ4v) is 7.46. The van der Waals surface area contributed by atoms with Gasteiger partial charge in [0.1, 0.15) is 0 Å². The van der Waals surface area contributed by atoms with Gasteiger partial charge in [0.2, 0.25) is 0 Å². The lowest BCUT2D eigenvalue weighted by Crippen LogP contribution is -2.15. The molecule has 0 bridgehead atoms. The van der Waals surface area contributed by atoms with E-state index in [0.717, 1.165) is 23.4 Å². The maximum Gasteiger partial charge on any atom is 0.0727 e. The highest BCUT2D eigenvalue weighted by atomic mass is 14.9. The highest BCUT2D eigenvalue weighted by molar-refractivity contribution is 5.77. The van der Waals surface area contributed by atoms with Crippen LogP contribution in [0.5, 0.6) is 0 Å². The minimum absolute atomic E-state index is 0.0118. The van der Waals surface area contributed by atoms with Crippen molar-refractivity contribution in [3.63, 3.8) is 0 Å². The summed E-state index contributed by atoms with van der Waals surface area (Å²) in [5, 5.41) is 3.85. The Morgan fingerprint density at radius 2 is 1.35 bits per heavy atom. The molecule has 3 N–H and O–H groups in total. The summed E-state index contributed by atoms with van der Waals surface area (Å²) in [5.41, 5.74) is 22.8. The molecule has 2 aliphatic carbocycles. The first-order valence-electron chi connectivity index (χ1n) is 18.1. The monoisotopic (exact) mass is 636 g/mol. The number of nitrogens with one attached hydrogen (secondary N) is 1. The van der Waals surface area contributed by atoms with Gasteiger partial charge in [-0.25, -0.2) is 0 Å². The second-order valence-corrected chi connectivity index (χ2v) is 16.7. The number of aryl methyl sites for hydroxylation is 2. The van der Waals surface area contributed by atoms with Gasteiger partial charge in [0.25, 0.3) is 0 Å². The van der Waals surface area contributed by atoms with Gasteiger partial charge in [-0.15, -0.1) is 0 Å². The summed E-state index contributed by atoms with van der Waals surface area (Å²) >= 11 is 0. The predicted molar refractivity (Wildman–Crippen MR) is 208 cm³/mol. The van der Waals surface area contributed by atoms with E-state index in [4.69, 9.17) is 5.73 Å². The molecule has 0 amide bonds. The Morgan fingerprint density at radius 3 is 1.98 bits per heavy atom. The summed E-state index contributed by atoms with van der Waals surface area (Å²) in [6.45, 7) is 18.0. The third-order valence-electron chi connectivity index (χ3n) is 10.8. The number of benzene rings is 4. The number of fused-ring (bicyclic) bond motifs is 4. The predicted octanol–water partition coefficient (Wildman–Crippen LogP) is 12.1. The van der Waals surface area contributed by atoms with Crippen LogP contribution in [0.2, 0.25) is 0 Å². The third-order valence-corrected chi connectivity index (χ3v) is 10.8. The first-order chi connectivity index (χ1) is 22.7. The Morgan fingerprint density at radius 1 is 0.729 bits per heavy atom. The molecule has 0 aromatic heterocycles. The van der Waals surface area contributed by atoms with Crippen molar-refractivity contribution in [1.29, 1.82) is 0 Å².